The molecule has 1 aliphatic carbocycles. The third kappa shape index (κ3) is 3.14. The highest BCUT2D eigenvalue weighted by molar-refractivity contribution is 6.37. The molecule has 1 spiro atoms. The summed E-state index contributed by atoms with van der Waals surface area (Å²) in [7, 11) is 0. The number of ether oxygens (including phenoxy) is 1. The van der Waals surface area contributed by atoms with Crippen LogP contribution in [-0.2, 0) is 14.3 Å². The SMILES string of the molecule is CC(C)c1ccc([C@H]2OC3(C(=O)c4ccccc4C3=O)[C@H]3C(=O)N(c4ccc(F)c(Cl)c4)C(=O)[C@H]23)cc1. The van der Waals surface area contributed by atoms with E-state index in [4.69, 9.17) is 16.3 Å². The maximum atomic E-state index is 13.9. The van der Waals surface area contributed by atoms with Crippen molar-refractivity contribution >= 4 is 40.7 Å². The fourth-order valence-corrected chi connectivity index (χ4v) is 5.94. The Hall–Kier alpha value is -3.68. The van der Waals surface area contributed by atoms with Crippen LogP contribution in [0.2, 0.25) is 5.02 Å². The number of carbonyl (C=O) groups excluding carboxylic acids is 4. The molecular formula is C29H21ClFNO5. The van der Waals surface area contributed by atoms with Crippen LogP contribution in [0.1, 0.15) is 57.7 Å². The monoisotopic (exact) mass is 517 g/mol. The molecule has 0 unspecified atom stereocenters. The molecule has 0 aromatic heterocycles. The Labute approximate surface area is 217 Å². The Morgan fingerprint density at radius 3 is 2.08 bits per heavy atom. The molecule has 2 amide bonds. The average molecular weight is 518 g/mol. The molecule has 3 atom stereocenters. The zero-order chi connectivity index (χ0) is 26.2. The molecule has 0 saturated carbocycles. The van der Waals surface area contributed by atoms with Crippen molar-refractivity contribution in [3.63, 3.8) is 0 Å². The number of nitrogens with zero attached hydrogens (tertiary/aromatic N) is 1. The molecule has 0 bridgehead atoms. The molecule has 0 radical (unpaired) electrons. The number of halogens is 2. The summed E-state index contributed by atoms with van der Waals surface area (Å²) in [6, 6.07) is 17.2. The number of carbonyl (C=O) groups is 4. The van der Waals surface area contributed by atoms with Gasteiger partial charge < -0.3 is 4.74 Å². The zero-order valence-corrected chi connectivity index (χ0v) is 20.7. The van der Waals surface area contributed by atoms with E-state index in [0.717, 1.165) is 16.5 Å². The molecule has 2 heterocycles. The molecule has 2 fully saturated rings. The summed E-state index contributed by atoms with van der Waals surface area (Å²) in [5.41, 5.74) is -0.148. The third-order valence-corrected chi connectivity index (χ3v) is 7.90. The first kappa shape index (κ1) is 23.7. The van der Waals surface area contributed by atoms with Gasteiger partial charge in [-0.2, -0.15) is 0 Å². The second-order valence-electron chi connectivity index (χ2n) is 9.91. The molecule has 2 aliphatic heterocycles. The number of Topliss-reactive ketones (excluding diaryl/α,β-unsaturated/α-hetero) is 2. The van der Waals surface area contributed by atoms with Gasteiger partial charge in [0.25, 0.3) is 0 Å². The molecule has 0 N–H and O–H groups in total. The largest absolute Gasteiger partial charge is 0.349 e. The smallest absolute Gasteiger partial charge is 0.241 e. The highest BCUT2D eigenvalue weighted by Crippen LogP contribution is 2.57. The second-order valence-corrected chi connectivity index (χ2v) is 10.3. The first-order valence-electron chi connectivity index (χ1n) is 12.0. The molecule has 6 nitrogen and oxygen atoms in total. The van der Waals surface area contributed by atoms with Crippen LogP contribution < -0.4 is 4.90 Å². The van der Waals surface area contributed by atoms with E-state index in [2.05, 4.69) is 0 Å². The lowest BCUT2D eigenvalue weighted by Gasteiger charge is -2.27. The van der Waals surface area contributed by atoms with Crippen LogP contribution in [0, 0.1) is 17.7 Å². The third-order valence-electron chi connectivity index (χ3n) is 7.61. The number of benzene rings is 3. The Morgan fingerprint density at radius 1 is 0.892 bits per heavy atom. The summed E-state index contributed by atoms with van der Waals surface area (Å²) in [6.07, 6.45) is -1.02. The summed E-state index contributed by atoms with van der Waals surface area (Å²) < 4.78 is 20.1. The van der Waals surface area contributed by atoms with Gasteiger partial charge in [-0.05, 0) is 35.2 Å². The molecule has 6 rings (SSSR count). The lowest BCUT2D eigenvalue weighted by atomic mass is 9.77. The number of hydrogen-bond acceptors (Lipinski definition) is 5. The van der Waals surface area contributed by atoms with E-state index in [1.165, 1.54) is 24.3 Å². The summed E-state index contributed by atoms with van der Waals surface area (Å²) in [4.78, 5) is 56.2. The molecule has 8 heteroatoms. The van der Waals surface area contributed by atoms with Gasteiger partial charge in [0, 0.05) is 11.1 Å². The van der Waals surface area contributed by atoms with Crippen molar-refractivity contribution < 1.29 is 28.3 Å². The van der Waals surface area contributed by atoms with Gasteiger partial charge in [0.1, 0.15) is 5.82 Å². The van der Waals surface area contributed by atoms with E-state index in [1.54, 1.807) is 24.3 Å². The van der Waals surface area contributed by atoms with Gasteiger partial charge in [0.05, 0.1) is 28.6 Å². The molecule has 3 aromatic carbocycles. The maximum absolute atomic E-state index is 13.9. The highest BCUT2D eigenvalue weighted by atomic mass is 35.5. The summed E-state index contributed by atoms with van der Waals surface area (Å²) in [5.74, 6) is -5.62. The van der Waals surface area contributed by atoms with Crippen LogP contribution in [0.15, 0.2) is 66.7 Å². The van der Waals surface area contributed by atoms with Gasteiger partial charge in [-0.25, -0.2) is 9.29 Å². The van der Waals surface area contributed by atoms with Crippen LogP contribution in [0.5, 0.6) is 0 Å². The molecule has 3 aliphatic rings. The number of imide groups is 1. The van der Waals surface area contributed by atoms with E-state index in [0.29, 0.717) is 5.56 Å². The predicted molar refractivity (Wildman–Crippen MR) is 133 cm³/mol. The van der Waals surface area contributed by atoms with Gasteiger partial charge in [0.15, 0.2) is 0 Å². The summed E-state index contributed by atoms with van der Waals surface area (Å²) in [5, 5.41) is -0.262. The van der Waals surface area contributed by atoms with Gasteiger partial charge in [-0.3, -0.25) is 19.2 Å². The van der Waals surface area contributed by atoms with Crippen molar-refractivity contribution in [2.24, 2.45) is 11.8 Å². The van der Waals surface area contributed by atoms with Crippen LogP contribution in [0.25, 0.3) is 0 Å². The minimum Gasteiger partial charge on any atom is -0.349 e. The van der Waals surface area contributed by atoms with Crippen molar-refractivity contribution in [2.45, 2.75) is 31.5 Å². The predicted octanol–water partition coefficient (Wildman–Crippen LogP) is 5.30. The standard InChI is InChI=1S/C29H21ClFNO5/c1-14(2)15-7-9-16(10-8-15)24-22-23(28(36)32(27(22)35)17-11-12-21(31)20(30)13-17)29(37-24)25(33)18-5-3-4-6-19(18)26(29)34/h3-14,22-24H,1-2H3/t22-,23+,24+/m0/s1. The van der Waals surface area contributed by atoms with Gasteiger partial charge in [-0.15, -0.1) is 0 Å². The van der Waals surface area contributed by atoms with Crippen molar-refractivity contribution in [1.82, 2.24) is 0 Å². The lowest BCUT2D eigenvalue weighted by molar-refractivity contribution is -0.127. The fourth-order valence-electron chi connectivity index (χ4n) is 5.77. The van der Waals surface area contributed by atoms with E-state index in [9.17, 15) is 23.6 Å². The van der Waals surface area contributed by atoms with Crippen LogP contribution in [0.4, 0.5) is 10.1 Å². The zero-order valence-electron chi connectivity index (χ0n) is 19.9. The number of amides is 2. The van der Waals surface area contributed by atoms with Crippen LogP contribution in [0.3, 0.4) is 0 Å². The van der Waals surface area contributed by atoms with Crippen LogP contribution in [-0.4, -0.2) is 29.0 Å². The van der Waals surface area contributed by atoms with E-state index in [-0.39, 0.29) is 27.8 Å². The van der Waals surface area contributed by atoms with Crippen molar-refractivity contribution in [2.75, 3.05) is 4.90 Å². The fraction of sp³-hybridized carbons (Fsp3) is 0.241. The maximum Gasteiger partial charge on any atom is 0.241 e. The summed E-state index contributed by atoms with van der Waals surface area (Å²) in [6.45, 7) is 4.09. The normalized spacial score (nSPS) is 23.9. The second kappa shape index (κ2) is 8.16. The molecule has 2 saturated heterocycles. The number of rotatable bonds is 3. The van der Waals surface area contributed by atoms with Gasteiger partial charge >= 0.3 is 0 Å². The Morgan fingerprint density at radius 2 is 1.51 bits per heavy atom. The van der Waals surface area contributed by atoms with E-state index >= 15 is 0 Å². The first-order chi connectivity index (χ1) is 17.7. The number of ketones is 2. The minimum atomic E-state index is -2.17. The van der Waals surface area contributed by atoms with Crippen LogP contribution >= 0.6 is 11.6 Å². The number of anilines is 1. The van der Waals surface area contributed by atoms with Crippen molar-refractivity contribution in [3.05, 3.63) is 99.8 Å². The lowest BCUT2D eigenvalue weighted by Crippen LogP contribution is -2.51. The average Bonchev–Trinajstić information content (AvgIpc) is 3.46. The van der Waals surface area contributed by atoms with Crippen molar-refractivity contribution in [1.29, 1.82) is 0 Å². The van der Waals surface area contributed by atoms with E-state index < -0.39 is 52.7 Å². The number of hydrogen-bond donors (Lipinski definition) is 0. The first-order valence-corrected chi connectivity index (χ1v) is 12.3. The quantitative estimate of drug-likeness (QED) is 0.348. The van der Waals surface area contributed by atoms with Gasteiger partial charge in [0.2, 0.25) is 29.0 Å². The Bertz CT molecular complexity index is 1480. The molecule has 3 aromatic rings. The van der Waals surface area contributed by atoms with Crippen molar-refractivity contribution in [3.8, 4) is 0 Å². The van der Waals surface area contributed by atoms with E-state index in [1.807, 2.05) is 26.0 Å². The number of fused-ring (bicyclic) bond motifs is 3. The van der Waals surface area contributed by atoms with Gasteiger partial charge in [-0.1, -0.05) is 74.0 Å². The summed E-state index contributed by atoms with van der Waals surface area (Å²) >= 11 is 5.94. The Balaban J connectivity index is 1.52. The molecular weight excluding hydrogens is 497 g/mol. The molecule has 186 valence electrons. The highest BCUT2D eigenvalue weighted by Gasteiger charge is 2.74. The topological polar surface area (TPSA) is 80.8 Å². The minimum absolute atomic E-state index is 0.0651. The Kier molecular flexibility index (Phi) is 5.23. The molecule has 37 heavy (non-hydrogen) atoms.